The number of nitrogens with zero attached hydrogens (tertiary/aromatic N) is 3. The maximum absolute atomic E-state index is 10.9. The molecule has 3 aromatic rings. The highest BCUT2D eigenvalue weighted by atomic mass is 32.1. The fraction of sp³-hybridized carbons (Fsp3) is 0.0526. The Morgan fingerprint density at radius 3 is 2.73 bits per heavy atom. The van der Waals surface area contributed by atoms with Crippen LogP contribution in [0.3, 0.4) is 0 Å². The molecule has 7 heteroatoms. The third kappa shape index (κ3) is 3.77. The molecule has 0 spiro atoms. The maximum Gasteiger partial charge on any atom is 0.270 e. The van der Waals surface area contributed by atoms with Crippen molar-refractivity contribution in [3.63, 3.8) is 0 Å². The van der Waals surface area contributed by atoms with Crippen molar-refractivity contribution in [3.8, 4) is 23.1 Å². The molecule has 2 aromatic carbocycles. The second-order valence-electron chi connectivity index (χ2n) is 5.29. The Balaban J connectivity index is 1.92. The fourth-order valence-electron chi connectivity index (χ4n) is 2.33. The van der Waals surface area contributed by atoms with Gasteiger partial charge in [-0.25, -0.2) is 4.98 Å². The Morgan fingerprint density at radius 2 is 2.08 bits per heavy atom. The topological polar surface area (TPSA) is 89.0 Å². The van der Waals surface area contributed by atoms with Gasteiger partial charge in [0.1, 0.15) is 16.8 Å². The van der Waals surface area contributed by atoms with Crippen molar-refractivity contribution in [1.82, 2.24) is 4.98 Å². The lowest BCUT2D eigenvalue weighted by atomic mass is 10.1. The third-order valence-electron chi connectivity index (χ3n) is 3.63. The van der Waals surface area contributed by atoms with Gasteiger partial charge in [-0.15, -0.1) is 11.3 Å². The van der Waals surface area contributed by atoms with Crippen LogP contribution in [-0.2, 0) is 0 Å². The predicted molar refractivity (Wildman–Crippen MR) is 101 cm³/mol. The van der Waals surface area contributed by atoms with Crippen LogP contribution in [0.2, 0.25) is 0 Å². The van der Waals surface area contributed by atoms with E-state index in [1.165, 1.54) is 23.5 Å². The van der Waals surface area contributed by atoms with Crippen LogP contribution >= 0.6 is 11.3 Å². The summed E-state index contributed by atoms with van der Waals surface area (Å²) in [6.07, 6.45) is 1.60. The Labute approximate surface area is 153 Å². The van der Waals surface area contributed by atoms with Gasteiger partial charge in [-0.05, 0) is 35.9 Å². The van der Waals surface area contributed by atoms with Crippen LogP contribution in [0.5, 0.6) is 5.75 Å². The Morgan fingerprint density at radius 1 is 1.31 bits per heavy atom. The van der Waals surface area contributed by atoms with E-state index in [0.717, 1.165) is 17.0 Å². The number of methoxy groups -OCH3 is 1. The number of nitriles is 1. The summed E-state index contributed by atoms with van der Waals surface area (Å²) in [6.45, 7) is 0. The summed E-state index contributed by atoms with van der Waals surface area (Å²) in [4.78, 5) is 14.9. The fourth-order valence-corrected chi connectivity index (χ4v) is 3.12. The molecule has 0 radical (unpaired) electrons. The standard InChI is InChI=1S/C19H13N3O3S/c1-25-17-7-5-14(6-8-17)18-12-26-19(21-18)15(11-20)9-13-3-2-4-16(10-13)22(23)24/h2-10,12H,1H3/b15-9+. The lowest BCUT2D eigenvalue weighted by Gasteiger charge is -2.00. The molecule has 0 atom stereocenters. The number of non-ortho nitro benzene ring substituents is 1. The summed E-state index contributed by atoms with van der Waals surface area (Å²) in [5, 5.41) is 22.8. The first-order valence-electron chi connectivity index (χ1n) is 7.57. The largest absolute Gasteiger partial charge is 0.497 e. The van der Waals surface area contributed by atoms with Gasteiger partial charge in [0.25, 0.3) is 5.69 Å². The summed E-state index contributed by atoms with van der Waals surface area (Å²) < 4.78 is 5.14. The molecular formula is C19H13N3O3S. The van der Waals surface area contributed by atoms with Crippen molar-refractivity contribution < 1.29 is 9.66 Å². The Bertz CT molecular complexity index is 1020. The molecule has 0 saturated carbocycles. The first-order valence-corrected chi connectivity index (χ1v) is 8.45. The van der Waals surface area contributed by atoms with Crippen LogP contribution in [0.15, 0.2) is 53.9 Å². The maximum atomic E-state index is 10.9. The molecule has 0 unspecified atom stereocenters. The molecule has 0 N–H and O–H groups in total. The zero-order valence-corrected chi connectivity index (χ0v) is 14.6. The third-order valence-corrected chi connectivity index (χ3v) is 4.51. The number of benzene rings is 2. The quantitative estimate of drug-likeness (QED) is 0.369. The average molecular weight is 363 g/mol. The SMILES string of the molecule is COc1ccc(-c2csc(/C(C#N)=C/c3cccc([N+](=O)[O-])c3)n2)cc1. The minimum atomic E-state index is -0.464. The molecular weight excluding hydrogens is 350 g/mol. The van der Waals surface area contributed by atoms with Gasteiger partial charge in [-0.3, -0.25) is 10.1 Å². The van der Waals surface area contributed by atoms with E-state index < -0.39 is 4.92 Å². The molecule has 0 saturated heterocycles. The molecule has 0 aliphatic heterocycles. The molecule has 0 amide bonds. The van der Waals surface area contributed by atoms with E-state index >= 15 is 0 Å². The number of rotatable bonds is 5. The van der Waals surface area contributed by atoms with E-state index in [4.69, 9.17) is 4.74 Å². The number of ether oxygens (including phenoxy) is 1. The number of hydrogen-bond acceptors (Lipinski definition) is 6. The van der Waals surface area contributed by atoms with Crippen molar-refractivity contribution in [2.24, 2.45) is 0 Å². The Kier molecular flexibility index (Phi) is 5.06. The molecule has 1 aromatic heterocycles. The minimum absolute atomic E-state index is 0.0194. The van der Waals surface area contributed by atoms with Gasteiger partial charge in [0, 0.05) is 23.1 Å². The van der Waals surface area contributed by atoms with Crippen LogP contribution in [0.25, 0.3) is 22.9 Å². The number of nitro groups is 1. The van der Waals surface area contributed by atoms with Crippen LogP contribution in [0.4, 0.5) is 5.69 Å². The van der Waals surface area contributed by atoms with Crippen LogP contribution in [-0.4, -0.2) is 17.0 Å². The van der Waals surface area contributed by atoms with Gasteiger partial charge >= 0.3 is 0 Å². The zero-order valence-electron chi connectivity index (χ0n) is 13.7. The molecule has 1 heterocycles. The van der Waals surface area contributed by atoms with Crippen molar-refractivity contribution in [1.29, 1.82) is 5.26 Å². The second-order valence-corrected chi connectivity index (χ2v) is 6.15. The zero-order chi connectivity index (χ0) is 18.5. The van der Waals surface area contributed by atoms with Crippen molar-refractivity contribution in [2.75, 3.05) is 7.11 Å². The van der Waals surface area contributed by atoms with E-state index in [2.05, 4.69) is 11.1 Å². The van der Waals surface area contributed by atoms with Crippen molar-refractivity contribution in [2.45, 2.75) is 0 Å². The summed E-state index contributed by atoms with van der Waals surface area (Å²) in [6, 6.07) is 15.7. The summed E-state index contributed by atoms with van der Waals surface area (Å²) in [5.74, 6) is 0.757. The Hall–Kier alpha value is -3.50. The molecule has 6 nitrogen and oxygen atoms in total. The van der Waals surface area contributed by atoms with E-state index in [1.807, 2.05) is 29.6 Å². The van der Waals surface area contributed by atoms with E-state index in [0.29, 0.717) is 16.1 Å². The number of thiazole rings is 1. The lowest BCUT2D eigenvalue weighted by Crippen LogP contribution is -1.88. The molecule has 3 rings (SSSR count). The second kappa shape index (κ2) is 7.59. The first kappa shape index (κ1) is 17.3. The van der Waals surface area contributed by atoms with Gasteiger partial charge in [-0.1, -0.05) is 12.1 Å². The van der Waals surface area contributed by atoms with Gasteiger partial charge in [-0.2, -0.15) is 5.26 Å². The van der Waals surface area contributed by atoms with E-state index in [1.54, 1.807) is 25.3 Å². The minimum Gasteiger partial charge on any atom is -0.497 e. The highest BCUT2D eigenvalue weighted by Gasteiger charge is 2.11. The summed E-state index contributed by atoms with van der Waals surface area (Å²) in [7, 11) is 1.61. The highest BCUT2D eigenvalue weighted by Crippen LogP contribution is 2.28. The predicted octanol–water partition coefficient (Wildman–Crippen LogP) is 4.79. The van der Waals surface area contributed by atoms with Gasteiger partial charge in [0.15, 0.2) is 0 Å². The van der Waals surface area contributed by atoms with Gasteiger partial charge < -0.3 is 4.74 Å². The van der Waals surface area contributed by atoms with Crippen LogP contribution in [0.1, 0.15) is 10.6 Å². The smallest absolute Gasteiger partial charge is 0.270 e. The summed E-state index contributed by atoms with van der Waals surface area (Å²) >= 11 is 1.35. The number of nitro benzene ring substituents is 1. The number of aromatic nitrogens is 1. The molecule has 0 aliphatic rings. The lowest BCUT2D eigenvalue weighted by molar-refractivity contribution is -0.384. The van der Waals surface area contributed by atoms with Crippen LogP contribution < -0.4 is 4.74 Å². The number of allylic oxidation sites excluding steroid dienone is 1. The van der Waals surface area contributed by atoms with Gasteiger partial charge in [0.2, 0.25) is 0 Å². The molecule has 128 valence electrons. The number of hydrogen-bond donors (Lipinski definition) is 0. The van der Waals surface area contributed by atoms with Gasteiger partial charge in [0.05, 0.1) is 23.3 Å². The molecule has 0 fully saturated rings. The monoisotopic (exact) mass is 363 g/mol. The highest BCUT2D eigenvalue weighted by molar-refractivity contribution is 7.11. The van der Waals surface area contributed by atoms with Crippen molar-refractivity contribution >= 4 is 28.7 Å². The van der Waals surface area contributed by atoms with E-state index in [-0.39, 0.29) is 5.69 Å². The molecule has 26 heavy (non-hydrogen) atoms. The average Bonchev–Trinajstić information content (AvgIpc) is 3.16. The van der Waals surface area contributed by atoms with E-state index in [9.17, 15) is 15.4 Å². The van der Waals surface area contributed by atoms with Crippen molar-refractivity contribution in [3.05, 3.63) is 74.6 Å². The molecule has 0 bridgehead atoms. The first-order chi connectivity index (χ1) is 12.6. The normalized spacial score (nSPS) is 11.0. The summed E-state index contributed by atoms with van der Waals surface area (Å²) in [5.41, 5.74) is 2.59. The molecule has 0 aliphatic carbocycles. The van der Waals surface area contributed by atoms with Crippen LogP contribution in [0, 0.1) is 21.4 Å².